The van der Waals surface area contributed by atoms with Crippen molar-refractivity contribution in [1.82, 2.24) is 9.80 Å². The van der Waals surface area contributed by atoms with Crippen LogP contribution in [-0.4, -0.2) is 41.3 Å². The first-order valence-corrected chi connectivity index (χ1v) is 12.6. The van der Waals surface area contributed by atoms with Crippen LogP contribution in [0.4, 0.5) is 0 Å². The normalized spacial score (nSPS) is 15.3. The Morgan fingerprint density at radius 1 is 1.21 bits per heavy atom. The highest BCUT2D eigenvalue weighted by Gasteiger charge is 2.33. The number of furan rings is 1. The first kappa shape index (κ1) is 24.1. The summed E-state index contributed by atoms with van der Waals surface area (Å²) in [5.41, 5.74) is 2.31. The van der Waals surface area contributed by atoms with Crippen molar-refractivity contribution in [3.8, 4) is 5.75 Å². The quantitative estimate of drug-likeness (QED) is 0.421. The van der Waals surface area contributed by atoms with Gasteiger partial charge in [-0.1, -0.05) is 31.5 Å². The minimum absolute atomic E-state index is 0.0206. The number of nitrogens with zero attached hydrogens (tertiary/aromatic N) is 2. The Labute approximate surface area is 205 Å². The van der Waals surface area contributed by atoms with E-state index in [2.05, 4.69) is 11.4 Å². The van der Waals surface area contributed by atoms with Crippen LogP contribution >= 0.6 is 11.3 Å². The zero-order valence-electron chi connectivity index (χ0n) is 20.0. The molecular formula is C27H32N2O4S. The van der Waals surface area contributed by atoms with E-state index in [1.165, 1.54) is 10.4 Å². The van der Waals surface area contributed by atoms with Gasteiger partial charge in [0.15, 0.2) is 0 Å². The van der Waals surface area contributed by atoms with Gasteiger partial charge < -0.3 is 19.0 Å². The highest BCUT2D eigenvalue weighted by molar-refractivity contribution is 7.10. The Kier molecular flexibility index (Phi) is 7.73. The summed E-state index contributed by atoms with van der Waals surface area (Å²) in [6, 6.07) is 13.5. The third-order valence-electron chi connectivity index (χ3n) is 6.03. The Morgan fingerprint density at radius 2 is 2.00 bits per heavy atom. The molecule has 0 bridgehead atoms. The fourth-order valence-corrected chi connectivity index (χ4v) is 5.17. The summed E-state index contributed by atoms with van der Waals surface area (Å²) in [5, 5.41) is 2.08. The van der Waals surface area contributed by atoms with Crippen molar-refractivity contribution in [2.24, 2.45) is 5.92 Å². The van der Waals surface area contributed by atoms with Crippen LogP contribution in [0.1, 0.15) is 48.1 Å². The number of carbonyl (C=O) groups is 2. The molecule has 7 heteroatoms. The molecular weight excluding hydrogens is 448 g/mol. The van der Waals surface area contributed by atoms with Gasteiger partial charge in [-0.05, 0) is 60.5 Å². The lowest BCUT2D eigenvalue weighted by Gasteiger charge is -2.37. The van der Waals surface area contributed by atoms with Crippen molar-refractivity contribution in [1.29, 1.82) is 0 Å². The molecule has 0 unspecified atom stereocenters. The Morgan fingerprint density at radius 3 is 2.71 bits per heavy atom. The van der Waals surface area contributed by atoms with E-state index in [1.807, 2.05) is 56.0 Å². The minimum atomic E-state index is -0.186. The van der Waals surface area contributed by atoms with Crippen LogP contribution < -0.4 is 4.74 Å². The van der Waals surface area contributed by atoms with E-state index in [4.69, 9.17) is 9.15 Å². The number of aryl methyl sites for hydroxylation is 1. The van der Waals surface area contributed by atoms with E-state index in [0.717, 1.165) is 17.7 Å². The lowest BCUT2D eigenvalue weighted by molar-refractivity contribution is -0.143. The first-order chi connectivity index (χ1) is 16.4. The van der Waals surface area contributed by atoms with Gasteiger partial charge in [-0.25, -0.2) is 0 Å². The number of ether oxygens (including phenoxy) is 1. The Balaban J connectivity index is 1.51. The Bertz CT molecular complexity index is 1090. The van der Waals surface area contributed by atoms with Gasteiger partial charge in [0, 0.05) is 17.8 Å². The molecule has 2 amide bonds. The smallest absolute Gasteiger partial charge is 0.242 e. The summed E-state index contributed by atoms with van der Waals surface area (Å²) in [5.74, 6) is 1.55. The van der Waals surface area contributed by atoms with Gasteiger partial charge in [0.1, 0.15) is 24.7 Å². The van der Waals surface area contributed by atoms with Crippen LogP contribution in [0.2, 0.25) is 0 Å². The van der Waals surface area contributed by atoms with Gasteiger partial charge in [0.05, 0.1) is 18.8 Å². The summed E-state index contributed by atoms with van der Waals surface area (Å²) >= 11 is 1.72. The van der Waals surface area contributed by atoms with Crippen LogP contribution in [0, 0.1) is 12.8 Å². The van der Waals surface area contributed by atoms with Crippen LogP contribution in [0.3, 0.4) is 0 Å². The summed E-state index contributed by atoms with van der Waals surface area (Å²) in [6.45, 7) is 7.34. The number of carbonyl (C=O) groups excluding carboxylic acids is 2. The molecule has 0 fully saturated rings. The second-order valence-electron chi connectivity index (χ2n) is 9.20. The number of amides is 2. The molecule has 1 atom stereocenters. The summed E-state index contributed by atoms with van der Waals surface area (Å²) in [4.78, 5) is 31.3. The molecule has 2 aromatic heterocycles. The van der Waals surface area contributed by atoms with Crippen LogP contribution in [0.5, 0.6) is 5.75 Å². The highest BCUT2D eigenvalue weighted by Crippen LogP contribution is 2.34. The Hall–Kier alpha value is -3.06. The fraction of sp³-hybridized carbons (Fsp3) is 0.407. The van der Waals surface area contributed by atoms with Crippen molar-refractivity contribution < 1.29 is 18.7 Å². The average Bonchev–Trinajstić information content (AvgIpc) is 3.49. The van der Waals surface area contributed by atoms with Crippen molar-refractivity contribution in [2.45, 2.75) is 46.2 Å². The van der Waals surface area contributed by atoms with Crippen molar-refractivity contribution in [3.05, 3.63) is 75.9 Å². The zero-order valence-corrected chi connectivity index (χ0v) is 20.8. The fourth-order valence-electron chi connectivity index (χ4n) is 4.24. The molecule has 1 aromatic carbocycles. The van der Waals surface area contributed by atoms with Crippen molar-refractivity contribution in [2.75, 3.05) is 19.7 Å². The predicted octanol–water partition coefficient (Wildman–Crippen LogP) is 5.23. The summed E-state index contributed by atoms with van der Waals surface area (Å²) in [6.07, 6.45) is 2.80. The lowest BCUT2D eigenvalue weighted by atomic mass is 10.00. The van der Waals surface area contributed by atoms with Crippen LogP contribution in [0.25, 0.3) is 0 Å². The van der Waals surface area contributed by atoms with Gasteiger partial charge in [-0.3, -0.25) is 9.59 Å². The maximum atomic E-state index is 13.6. The molecule has 0 saturated carbocycles. The molecule has 180 valence electrons. The first-order valence-electron chi connectivity index (χ1n) is 11.8. The third-order valence-corrected chi connectivity index (χ3v) is 7.03. The van der Waals surface area contributed by atoms with Crippen molar-refractivity contribution >= 4 is 23.2 Å². The third kappa shape index (κ3) is 5.89. The second-order valence-corrected chi connectivity index (χ2v) is 10.2. The number of hydrogen-bond acceptors (Lipinski definition) is 5. The number of hydrogen-bond donors (Lipinski definition) is 0. The van der Waals surface area contributed by atoms with Crippen LogP contribution in [0.15, 0.2) is 58.5 Å². The molecule has 3 heterocycles. The van der Waals surface area contributed by atoms with E-state index >= 15 is 0 Å². The van der Waals surface area contributed by atoms with E-state index in [9.17, 15) is 9.59 Å². The molecule has 0 N–H and O–H groups in total. The van der Waals surface area contributed by atoms with E-state index < -0.39 is 0 Å². The minimum Gasteiger partial charge on any atom is -0.491 e. The van der Waals surface area contributed by atoms with Crippen LogP contribution in [-0.2, 0) is 22.6 Å². The maximum Gasteiger partial charge on any atom is 0.242 e. The molecule has 4 rings (SSSR count). The van der Waals surface area contributed by atoms with E-state index in [0.29, 0.717) is 25.3 Å². The molecule has 0 spiro atoms. The zero-order chi connectivity index (χ0) is 24.1. The van der Waals surface area contributed by atoms with Gasteiger partial charge in [0.25, 0.3) is 0 Å². The molecule has 3 aromatic rings. The highest BCUT2D eigenvalue weighted by atomic mass is 32.1. The van der Waals surface area contributed by atoms with Crippen molar-refractivity contribution in [3.63, 3.8) is 0 Å². The molecule has 1 aliphatic heterocycles. The number of thiophene rings is 1. The molecule has 34 heavy (non-hydrogen) atoms. The second kappa shape index (κ2) is 10.9. The lowest BCUT2D eigenvalue weighted by Crippen LogP contribution is -2.47. The standard InChI is InChI=1S/C27H32N2O4S/c1-19(2)15-26(30)28(16-22-5-4-13-32-22)17-27(31)29-12-10-25-23(11-14-34-25)24(29)18-33-21-8-6-20(3)7-9-21/h4-9,11,13-14,19,24H,10,12,15-18H2,1-3H3/t24-/m0/s1. The molecule has 6 nitrogen and oxygen atoms in total. The molecule has 0 aliphatic carbocycles. The van der Waals surface area contributed by atoms with Gasteiger partial charge >= 0.3 is 0 Å². The van der Waals surface area contributed by atoms with E-state index in [1.54, 1.807) is 28.6 Å². The molecule has 1 aliphatic rings. The maximum absolute atomic E-state index is 13.6. The molecule has 0 radical (unpaired) electrons. The van der Waals surface area contributed by atoms with Gasteiger partial charge in [-0.2, -0.15) is 0 Å². The SMILES string of the molecule is Cc1ccc(OC[C@H]2c3ccsc3CCN2C(=O)CN(Cc2ccco2)C(=O)CC(C)C)cc1. The number of benzene rings is 1. The predicted molar refractivity (Wildman–Crippen MR) is 133 cm³/mol. The largest absolute Gasteiger partial charge is 0.491 e. The number of rotatable bonds is 9. The molecule has 0 saturated heterocycles. The summed E-state index contributed by atoms with van der Waals surface area (Å²) < 4.78 is 11.6. The average molecular weight is 481 g/mol. The van der Waals surface area contributed by atoms with E-state index in [-0.39, 0.29) is 36.9 Å². The topological polar surface area (TPSA) is 63.0 Å². The van der Waals surface area contributed by atoms with Gasteiger partial charge in [-0.15, -0.1) is 11.3 Å². The van der Waals surface area contributed by atoms with Gasteiger partial charge in [0.2, 0.25) is 11.8 Å². The monoisotopic (exact) mass is 480 g/mol. The summed E-state index contributed by atoms with van der Waals surface area (Å²) in [7, 11) is 0. The number of fused-ring (bicyclic) bond motifs is 1.